The third kappa shape index (κ3) is 4.81. The Bertz CT molecular complexity index is 600. The van der Waals surface area contributed by atoms with Gasteiger partial charge in [0.25, 0.3) is 0 Å². The first kappa shape index (κ1) is 16.5. The standard InChI is InChI=1S/C15H15BrClNO2S/c16-13-5-6-21-14(13)7-15(20)18-8-11(9-19)10-1-3-12(17)4-2-10/h1-6,11,19H,7-9H2,(H,18,20). The number of carbonyl (C=O) groups is 1. The highest BCUT2D eigenvalue weighted by Gasteiger charge is 2.13. The van der Waals surface area contributed by atoms with Gasteiger partial charge in [-0.3, -0.25) is 4.79 Å². The molecule has 0 radical (unpaired) electrons. The summed E-state index contributed by atoms with van der Waals surface area (Å²) in [5, 5.41) is 14.9. The van der Waals surface area contributed by atoms with E-state index in [1.54, 1.807) is 23.5 Å². The first-order chi connectivity index (χ1) is 10.1. The van der Waals surface area contributed by atoms with Crippen LogP contribution in [0.2, 0.25) is 5.02 Å². The highest BCUT2D eigenvalue weighted by atomic mass is 79.9. The van der Waals surface area contributed by atoms with Gasteiger partial charge in [-0.1, -0.05) is 23.7 Å². The Hall–Kier alpha value is -0.880. The second-order valence-corrected chi connectivity index (χ2v) is 6.90. The molecule has 2 rings (SSSR count). The summed E-state index contributed by atoms with van der Waals surface area (Å²) in [4.78, 5) is 12.9. The van der Waals surface area contributed by atoms with Gasteiger partial charge in [0.2, 0.25) is 5.91 Å². The predicted octanol–water partition coefficient (Wildman–Crippen LogP) is 3.60. The van der Waals surface area contributed by atoms with Crippen LogP contribution in [-0.4, -0.2) is 24.2 Å². The van der Waals surface area contributed by atoms with E-state index in [9.17, 15) is 9.90 Å². The fourth-order valence-electron chi connectivity index (χ4n) is 1.92. The summed E-state index contributed by atoms with van der Waals surface area (Å²) in [6, 6.07) is 9.22. The molecule has 0 fully saturated rings. The van der Waals surface area contributed by atoms with Crippen molar-refractivity contribution in [1.29, 1.82) is 0 Å². The average Bonchev–Trinajstić information content (AvgIpc) is 2.87. The van der Waals surface area contributed by atoms with E-state index in [2.05, 4.69) is 21.2 Å². The molecule has 1 atom stereocenters. The van der Waals surface area contributed by atoms with Gasteiger partial charge < -0.3 is 10.4 Å². The van der Waals surface area contributed by atoms with Crippen molar-refractivity contribution in [2.75, 3.05) is 13.2 Å². The lowest BCUT2D eigenvalue weighted by Crippen LogP contribution is -2.30. The number of benzene rings is 1. The first-order valence-corrected chi connectivity index (χ1v) is 8.50. The number of thiophene rings is 1. The second kappa shape index (κ2) is 7.94. The lowest BCUT2D eigenvalue weighted by Gasteiger charge is -2.15. The van der Waals surface area contributed by atoms with E-state index in [0.29, 0.717) is 18.0 Å². The number of hydrogen-bond donors (Lipinski definition) is 2. The van der Waals surface area contributed by atoms with Crippen molar-refractivity contribution < 1.29 is 9.90 Å². The molecular weight excluding hydrogens is 374 g/mol. The van der Waals surface area contributed by atoms with Gasteiger partial charge in [0.05, 0.1) is 13.0 Å². The molecule has 0 saturated carbocycles. The molecule has 0 spiro atoms. The maximum atomic E-state index is 11.9. The van der Waals surface area contributed by atoms with Gasteiger partial charge in [-0.25, -0.2) is 0 Å². The smallest absolute Gasteiger partial charge is 0.225 e. The Balaban J connectivity index is 1.89. The zero-order valence-corrected chi connectivity index (χ0v) is 14.3. The van der Waals surface area contributed by atoms with Crippen LogP contribution in [0.1, 0.15) is 16.4 Å². The number of amides is 1. The predicted molar refractivity (Wildman–Crippen MR) is 90.0 cm³/mol. The third-order valence-electron chi connectivity index (χ3n) is 3.12. The summed E-state index contributed by atoms with van der Waals surface area (Å²) in [7, 11) is 0. The van der Waals surface area contributed by atoms with Gasteiger partial charge in [-0.2, -0.15) is 0 Å². The van der Waals surface area contributed by atoms with Crippen molar-refractivity contribution in [3.63, 3.8) is 0 Å². The number of hydrogen-bond acceptors (Lipinski definition) is 3. The van der Waals surface area contributed by atoms with Crippen molar-refractivity contribution in [1.82, 2.24) is 5.32 Å². The highest BCUT2D eigenvalue weighted by molar-refractivity contribution is 9.10. The molecule has 0 aliphatic carbocycles. The van der Waals surface area contributed by atoms with Crippen molar-refractivity contribution in [3.8, 4) is 0 Å². The minimum Gasteiger partial charge on any atom is -0.396 e. The molecule has 2 aromatic rings. The lowest BCUT2D eigenvalue weighted by atomic mass is 10.00. The quantitative estimate of drug-likeness (QED) is 0.794. The van der Waals surface area contributed by atoms with Gasteiger partial charge in [0.1, 0.15) is 0 Å². The summed E-state index contributed by atoms with van der Waals surface area (Å²) in [6.07, 6.45) is 0.344. The van der Waals surface area contributed by atoms with Gasteiger partial charge >= 0.3 is 0 Å². The molecule has 0 aliphatic heterocycles. The largest absolute Gasteiger partial charge is 0.396 e. The van der Waals surface area contributed by atoms with Gasteiger partial charge in [-0.05, 0) is 45.1 Å². The van der Waals surface area contributed by atoms with Gasteiger partial charge in [-0.15, -0.1) is 11.3 Å². The zero-order chi connectivity index (χ0) is 15.2. The molecule has 0 bridgehead atoms. The SMILES string of the molecule is O=C(Cc1sccc1Br)NCC(CO)c1ccc(Cl)cc1. The van der Waals surface area contributed by atoms with Crippen molar-refractivity contribution in [3.05, 3.63) is 55.6 Å². The van der Waals surface area contributed by atoms with Crippen LogP contribution in [0.25, 0.3) is 0 Å². The van der Waals surface area contributed by atoms with Crippen molar-refractivity contribution in [2.45, 2.75) is 12.3 Å². The zero-order valence-electron chi connectivity index (χ0n) is 11.2. The van der Waals surface area contributed by atoms with Crippen molar-refractivity contribution in [2.24, 2.45) is 0 Å². The normalized spacial score (nSPS) is 12.1. The van der Waals surface area contributed by atoms with Crippen LogP contribution in [0.4, 0.5) is 0 Å². The molecule has 1 heterocycles. The van der Waals surface area contributed by atoms with Crippen LogP contribution in [-0.2, 0) is 11.2 Å². The number of aliphatic hydroxyl groups is 1. The molecule has 112 valence electrons. The van der Waals surface area contributed by atoms with E-state index in [1.165, 1.54) is 0 Å². The molecule has 3 nitrogen and oxygen atoms in total. The lowest BCUT2D eigenvalue weighted by molar-refractivity contribution is -0.120. The average molecular weight is 389 g/mol. The summed E-state index contributed by atoms with van der Waals surface area (Å²) >= 11 is 10.8. The minimum absolute atomic E-state index is 0.0232. The third-order valence-corrected chi connectivity index (χ3v) is 5.30. The van der Waals surface area contributed by atoms with E-state index in [4.69, 9.17) is 11.6 Å². The number of aliphatic hydroxyl groups excluding tert-OH is 1. The summed E-state index contributed by atoms with van der Waals surface area (Å²) in [5.74, 6) is -0.177. The number of rotatable bonds is 6. The molecule has 1 unspecified atom stereocenters. The maximum Gasteiger partial charge on any atom is 0.225 e. The van der Waals surface area contributed by atoms with Crippen LogP contribution in [0.3, 0.4) is 0 Å². The summed E-state index contributed by atoms with van der Waals surface area (Å²) < 4.78 is 0.957. The van der Waals surface area contributed by atoms with Gasteiger partial charge in [0, 0.05) is 26.8 Å². The van der Waals surface area contributed by atoms with E-state index in [1.807, 2.05) is 23.6 Å². The Morgan fingerprint density at radius 2 is 2.05 bits per heavy atom. The molecule has 6 heteroatoms. The second-order valence-electron chi connectivity index (χ2n) is 4.60. The Kier molecular flexibility index (Phi) is 6.23. The highest BCUT2D eigenvalue weighted by Crippen LogP contribution is 2.23. The van der Waals surface area contributed by atoms with Crippen LogP contribution < -0.4 is 5.32 Å². The minimum atomic E-state index is -0.127. The molecule has 0 aliphatic rings. The molecule has 0 saturated heterocycles. The summed E-state index contributed by atoms with van der Waals surface area (Å²) in [6.45, 7) is 0.380. The van der Waals surface area contributed by atoms with Crippen LogP contribution in [0, 0.1) is 0 Å². The summed E-state index contributed by atoms with van der Waals surface area (Å²) in [5.41, 5.74) is 0.958. The molecular formula is C15H15BrClNO2S. The Labute approximate surface area is 141 Å². The maximum absolute atomic E-state index is 11.9. The molecule has 1 aromatic carbocycles. The van der Waals surface area contributed by atoms with Crippen LogP contribution in [0.15, 0.2) is 40.2 Å². The van der Waals surface area contributed by atoms with Crippen LogP contribution in [0.5, 0.6) is 0 Å². The molecule has 21 heavy (non-hydrogen) atoms. The van der Waals surface area contributed by atoms with Crippen LogP contribution >= 0.6 is 38.9 Å². The molecule has 1 aromatic heterocycles. The number of carbonyl (C=O) groups excluding carboxylic acids is 1. The Morgan fingerprint density at radius 3 is 2.62 bits per heavy atom. The fourth-order valence-corrected chi connectivity index (χ4v) is 3.54. The van der Waals surface area contributed by atoms with E-state index < -0.39 is 0 Å². The number of halogens is 2. The fraction of sp³-hybridized carbons (Fsp3) is 0.267. The monoisotopic (exact) mass is 387 g/mol. The Morgan fingerprint density at radius 1 is 1.33 bits per heavy atom. The topological polar surface area (TPSA) is 49.3 Å². The van der Waals surface area contributed by atoms with Gasteiger partial charge in [0.15, 0.2) is 0 Å². The number of nitrogens with one attached hydrogen (secondary N) is 1. The van der Waals surface area contributed by atoms with E-state index in [0.717, 1.165) is 14.9 Å². The first-order valence-electron chi connectivity index (χ1n) is 6.45. The van der Waals surface area contributed by atoms with Crippen molar-refractivity contribution >= 4 is 44.8 Å². The van der Waals surface area contributed by atoms with E-state index >= 15 is 0 Å². The molecule has 2 N–H and O–H groups in total. The van der Waals surface area contributed by atoms with E-state index in [-0.39, 0.29) is 18.4 Å². The molecule has 1 amide bonds.